The molecule has 172 valence electrons. The highest BCUT2D eigenvalue weighted by molar-refractivity contribution is 7.48. The molecule has 0 saturated heterocycles. The summed E-state index contributed by atoms with van der Waals surface area (Å²) in [5.41, 5.74) is 0.486. The first-order valence-electron chi connectivity index (χ1n) is 10.3. The fourth-order valence-corrected chi connectivity index (χ4v) is 4.80. The van der Waals surface area contributed by atoms with Crippen molar-refractivity contribution >= 4 is 7.82 Å². The second-order valence-electron chi connectivity index (χ2n) is 9.41. The van der Waals surface area contributed by atoms with Gasteiger partial charge in [-0.25, -0.2) is 8.96 Å². The van der Waals surface area contributed by atoms with E-state index in [4.69, 9.17) is 13.6 Å². The zero-order valence-electron chi connectivity index (χ0n) is 19.6. The second kappa shape index (κ2) is 9.37. The highest BCUT2D eigenvalue weighted by Gasteiger charge is 2.37. The van der Waals surface area contributed by atoms with E-state index in [0.717, 1.165) is 5.56 Å². The van der Waals surface area contributed by atoms with E-state index in [1.807, 2.05) is 19.9 Å². The van der Waals surface area contributed by atoms with E-state index in [9.17, 15) is 13.8 Å². The third-order valence-electron chi connectivity index (χ3n) is 4.24. The van der Waals surface area contributed by atoms with Gasteiger partial charge in [0, 0.05) is 23.0 Å². The molecule has 0 N–H and O–H groups in total. The molecule has 1 heterocycles. The van der Waals surface area contributed by atoms with E-state index < -0.39 is 24.8 Å². The molecule has 0 spiro atoms. The SMILES string of the molecule is CCc1c(C)ccn(-c2ccc(F)c(COP(=O)(OC(C)(C)C)OC(C)(C)C)c2)c1=O. The molecule has 0 bridgehead atoms. The summed E-state index contributed by atoms with van der Waals surface area (Å²) in [5, 5.41) is 0. The van der Waals surface area contributed by atoms with Crippen molar-refractivity contribution in [2.75, 3.05) is 0 Å². The zero-order chi connectivity index (χ0) is 23.6. The Morgan fingerprint density at radius 1 is 1.03 bits per heavy atom. The van der Waals surface area contributed by atoms with Crippen LogP contribution < -0.4 is 5.56 Å². The Hall–Kier alpha value is -1.79. The van der Waals surface area contributed by atoms with Crippen LogP contribution in [0.2, 0.25) is 0 Å². The Balaban J connectivity index is 2.38. The van der Waals surface area contributed by atoms with Crippen LogP contribution in [0.5, 0.6) is 0 Å². The number of halogens is 1. The van der Waals surface area contributed by atoms with Gasteiger partial charge in [0.05, 0.1) is 17.8 Å². The van der Waals surface area contributed by atoms with Gasteiger partial charge in [-0.2, -0.15) is 0 Å². The van der Waals surface area contributed by atoms with Crippen LogP contribution in [-0.4, -0.2) is 15.8 Å². The predicted molar refractivity (Wildman–Crippen MR) is 120 cm³/mol. The summed E-state index contributed by atoms with van der Waals surface area (Å²) in [6.45, 7) is 13.8. The Labute approximate surface area is 184 Å². The van der Waals surface area contributed by atoms with Crippen molar-refractivity contribution in [3.63, 3.8) is 0 Å². The van der Waals surface area contributed by atoms with Crippen LogP contribution >= 0.6 is 7.82 Å². The maximum absolute atomic E-state index is 14.5. The van der Waals surface area contributed by atoms with E-state index >= 15 is 0 Å². The van der Waals surface area contributed by atoms with Crippen LogP contribution in [0.15, 0.2) is 35.3 Å². The lowest BCUT2D eigenvalue weighted by Crippen LogP contribution is -2.24. The smallest absolute Gasteiger partial charge is 0.284 e. The number of nitrogens with zero attached hydrogens (tertiary/aromatic N) is 1. The van der Waals surface area contributed by atoms with Gasteiger partial charge >= 0.3 is 7.82 Å². The minimum absolute atomic E-state index is 0.137. The van der Waals surface area contributed by atoms with Crippen LogP contribution in [-0.2, 0) is 31.2 Å². The quantitative estimate of drug-likeness (QED) is 0.474. The molecule has 0 atom stereocenters. The molecular formula is C23H33FNO5P. The maximum Gasteiger partial charge on any atom is 0.476 e. The number of phosphoric ester groups is 1. The van der Waals surface area contributed by atoms with Gasteiger partial charge in [0.1, 0.15) is 5.82 Å². The molecule has 0 saturated carbocycles. The molecule has 0 amide bonds. The summed E-state index contributed by atoms with van der Waals surface area (Å²) in [6.07, 6.45) is 2.26. The molecule has 0 aliphatic carbocycles. The molecule has 6 nitrogen and oxygen atoms in total. The van der Waals surface area contributed by atoms with Gasteiger partial charge in [0.25, 0.3) is 5.56 Å². The highest BCUT2D eigenvalue weighted by atomic mass is 31.2. The van der Waals surface area contributed by atoms with Crippen molar-refractivity contribution < 1.29 is 22.5 Å². The third kappa shape index (κ3) is 7.11. The van der Waals surface area contributed by atoms with Crippen LogP contribution in [0.4, 0.5) is 4.39 Å². The first-order valence-corrected chi connectivity index (χ1v) is 11.8. The maximum atomic E-state index is 14.5. The summed E-state index contributed by atoms with van der Waals surface area (Å²) < 4.78 is 45.9. The van der Waals surface area contributed by atoms with Crippen molar-refractivity contribution in [1.82, 2.24) is 4.57 Å². The van der Waals surface area contributed by atoms with Gasteiger partial charge in [-0.05, 0) is 84.7 Å². The fourth-order valence-electron chi connectivity index (χ4n) is 3.01. The zero-order valence-corrected chi connectivity index (χ0v) is 20.5. The lowest BCUT2D eigenvalue weighted by Gasteiger charge is -2.31. The number of aryl methyl sites for hydroxylation is 1. The van der Waals surface area contributed by atoms with Crippen LogP contribution in [0.25, 0.3) is 5.69 Å². The van der Waals surface area contributed by atoms with Crippen LogP contribution in [0.1, 0.15) is 65.2 Å². The summed E-state index contributed by atoms with van der Waals surface area (Å²) >= 11 is 0. The van der Waals surface area contributed by atoms with Crippen LogP contribution in [0.3, 0.4) is 0 Å². The summed E-state index contributed by atoms with van der Waals surface area (Å²) in [5.74, 6) is -0.544. The first kappa shape index (κ1) is 25.5. The second-order valence-corrected chi connectivity index (χ2v) is 10.9. The van der Waals surface area contributed by atoms with Gasteiger partial charge < -0.3 is 0 Å². The minimum atomic E-state index is -4.00. The topological polar surface area (TPSA) is 66.8 Å². The van der Waals surface area contributed by atoms with E-state index in [2.05, 4.69) is 0 Å². The normalized spacial score (nSPS) is 12.9. The van der Waals surface area contributed by atoms with Crippen molar-refractivity contribution in [3.8, 4) is 5.69 Å². The van der Waals surface area contributed by atoms with E-state index in [0.29, 0.717) is 17.7 Å². The van der Waals surface area contributed by atoms with E-state index in [1.165, 1.54) is 22.8 Å². The van der Waals surface area contributed by atoms with Crippen molar-refractivity contribution in [2.24, 2.45) is 0 Å². The summed E-state index contributed by atoms with van der Waals surface area (Å²) in [6, 6.07) is 6.13. The molecule has 0 aliphatic heterocycles. The third-order valence-corrected chi connectivity index (χ3v) is 6.23. The molecule has 0 fully saturated rings. The van der Waals surface area contributed by atoms with E-state index in [1.54, 1.807) is 47.7 Å². The van der Waals surface area contributed by atoms with Crippen molar-refractivity contribution in [3.05, 3.63) is 63.3 Å². The molecule has 1 aromatic heterocycles. The number of pyridine rings is 1. The summed E-state index contributed by atoms with van der Waals surface area (Å²) in [7, 11) is -4.00. The monoisotopic (exact) mass is 453 g/mol. The summed E-state index contributed by atoms with van der Waals surface area (Å²) in [4.78, 5) is 12.8. The number of hydrogen-bond acceptors (Lipinski definition) is 5. The fraction of sp³-hybridized carbons (Fsp3) is 0.522. The highest BCUT2D eigenvalue weighted by Crippen LogP contribution is 2.56. The van der Waals surface area contributed by atoms with Crippen molar-refractivity contribution in [2.45, 2.75) is 79.6 Å². The Morgan fingerprint density at radius 2 is 1.61 bits per heavy atom. The standard InChI is InChI=1S/C23H33FNO5P/c1-9-19-16(2)12-13-25(21(19)26)18-10-11-20(24)17(14-18)15-28-31(27,29-22(3,4)5)30-23(6,7)8/h10-14H,9,15H2,1-8H3. The molecular weight excluding hydrogens is 420 g/mol. The van der Waals surface area contributed by atoms with Gasteiger partial charge in [0.15, 0.2) is 0 Å². The molecule has 2 rings (SSSR count). The van der Waals surface area contributed by atoms with Gasteiger partial charge in [-0.3, -0.25) is 22.9 Å². The van der Waals surface area contributed by atoms with Gasteiger partial charge in [-0.1, -0.05) is 6.92 Å². The Morgan fingerprint density at radius 3 is 2.13 bits per heavy atom. The average Bonchev–Trinajstić information content (AvgIpc) is 2.58. The number of rotatable bonds is 7. The Bertz CT molecular complexity index is 1010. The largest absolute Gasteiger partial charge is 0.476 e. The van der Waals surface area contributed by atoms with Gasteiger partial charge in [-0.15, -0.1) is 0 Å². The number of aromatic nitrogens is 1. The van der Waals surface area contributed by atoms with Crippen LogP contribution in [0, 0.1) is 12.7 Å². The number of hydrogen-bond donors (Lipinski definition) is 0. The first-order chi connectivity index (χ1) is 14.1. The molecule has 0 radical (unpaired) electrons. The number of benzene rings is 1. The molecule has 31 heavy (non-hydrogen) atoms. The lowest BCUT2D eigenvalue weighted by molar-refractivity contribution is 0.000617. The molecule has 2 aromatic rings. The van der Waals surface area contributed by atoms with E-state index in [-0.39, 0.29) is 17.7 Å². The molecule has 0 aliphatic rings. The predicted octanol–water partition coefficient (Wildman–Crippen LogP) is 6.10. The Kier molecular flexibility index (Phi) is 7.70. The minimum Gasteiger partial charge on any atom is -0.284 e. The molecule has 1 aromatic carbocycles. The van der Waals surface area contributed by atoms with Gasteiger partial charge in [0.2, 0.25) is 0 Å². The number of phosphoric acid groups is 1. The van der Waals surface area contributed by atoms with Crippen molar-refractivity contribution in [1.29, 1.82) is 0 Å². The molecule has 8 heteroatoms. The average molecular weight is 453 g/mol. The molecule has 0 unspecified atom stereocenters. The lowest BCUT2D eigenvalue weighted by atomic mass is 10.1.